The van der Waals surface area contributed by atoms with E-state index < -0.39 is 0 Å². The minimum Gasteiger partial charge on any atom is -0.501 e. The second-order valence-corrected chi connectivity index (χ2v) is 4.33. The van der Waals surface area contributed by atoms with Crippen molar-refractivity contribution in [1.29, 1.82) is 0 Å². The SMILES string of the molecule is C=COCC1OC2CCC1(COC=C)C2. The van der Waals surface area contributed by atoms with Gasteiger partial charge in [-0.05, 0) is 19.3 Å². The third-order valence-corrected chi connectivity index (χ3v) is 3.49. The predicted molar refractivity (Wildman–Crippen MR) is 57.2 cm³/mol. The van der Waals surface area contributed by atoms with Crippen molar-refractivity contribution in [1.82, 2.24) is 0 Å². The Kier molecular flexibility index (Phi) is 3.00. The van der Waals surface area contributed by atoms with Gasteiger partial charge in [0.15, 0.2) is 0 Å². The molecule has 2 fully saturated rings. The lowest BCUT2D eigenvalue weighted by molar-refractivity contribution is -0.0750. The average molecular weight is 210 g/mol. The van der Waals surface area contributed by atoms with Gasteiger partial charge in [-0.1, -0.05) is 13.2 Å². The van der Waals surface area contributed by atoms with Crippen molar-refractivity contribution in [3.05, 3.63) is 25.7 Å². The van der Waals surface area contributed by atoms with Gasteiger partial charge >= 0.3 is 0 Å². The Hall–Kier alpha value is -0.960. The molecule has 0 aromatic rings. The van der Waals surface area contributed by atoms with Crippen LogP contribution in [0.2, 0.25) is 0 Å². The zero-order chi connectivity index (χ0) is 10.7. The molecule has 0 N–H and O–H groups in total. The summed E-state index contributed by atoms with van der Waals surface area (Å²) < 4.78 is 16.5. The Bertz CT molecular complexity index is 251. The van der Waals surface area contributed by atoms with Crippen LogP contribution >= 0.6 is 0 Å². The van der Waals surface area contributed by atoms with E-state index in [0.717, 1.165) is 19.3 Å². The highest BCUT2D eigenvalue weighted by molar-refractivity contribution is 5.02. The maximum absolute atomic E-state index is 5.88. The number of hydrogen-bond acceptors (Lipinski definition) is 3. The summed E-state index contributed by atoms with van der Waals surface area (Å²) in [7, 11) is 0. The first-order chi connectivity index (χ1) is 7.30. The topological polar surface area (TPSA) is 27.7 Å². The molecule has 1 heterocycles. The summed E-state index contributed by atoms with van der Waals surface area (Å²) in [6.45, 7) is 8.40. The lowest BCUT2D eigenvalue weighted by Gasteiger charge is -2.33. The van der Waals surface area contributed by atoms with Crippen LogP contribution in [-0.2, 0) is 14.2 Å². The standard InChI is InChI=1S/C12H18O3/c1-3-13-8-11-12(9-14-4-2)6-5-10(7-12)15-11/h3-4,10-11H,1-2,5-9H2. The minimum atomic E-state index is 0.141. The Morgan fingerprint density at radius 1 is 1.33 bits per heavy atom. The van der Waals surface area contributed by atoms with Crippen molar-refractivity contribution in [2.24, 2.45) is 5.41 Å². The van der Waals surface area contributed by atoms with E-state index >= 15 is 0 Å². The summed E-state index contributed by atoms with van der Waals surface area (Å²) in [5.41, 5.74) is 0.141. The quantitative estimate of drug-likeness (QED) is 0.629. The number of rotatable bonds is 6. The van der Waals surface area contributed by atoms with Gasteiger partial charge in [0.1, 0.15) is 12.7 Å². The second kappa shape index (κ2) is 4.27. The molecule has 0 radical (unpaired) electrons. The van der Waals surface area contributed by atoms with E-state index in [2.05, 4.69) is 13.2 Å². The molecule has 2 aliphatic rings. The van der Waals surface area contributed by atoms with E-state index in [1.807, 2.05) is 0 Å². The molecular formula is C12H18O3. The molecule has 1 saturated heterocycles. The van der Waals surface area contributed by atoms with Gasteiger partial charge in [-0.15, -0.1) is 0 Å². The van der Waals surface area contributed by atoms with Crippen LogP contribution in [0.4, 0.5) is 0 Å². The van der Waals surface area contributed by atoms with Crippen molar-refractivity contribution in [2.45, 2.75) is 31.5 Å². The van der Waals surface area contributed by atoms with E-state index in [4.69, 9.17) is 14.2 Å². The van der Waals surface area contributed by atoms with Crippen LogP contribution in [-0.4, -0.2) is 25.4 Å². The molecule has 2 rings (SSSR count). The van der Waals surface area contributed by atoms with E-state index in [0.29, 0.717) is 19.3 Å². The van der Waals surface area contributed by atoms with Gasteiger partial charge in [0.05, 0.1) is 25.2 Å². The van der Waals surface area contributed by atoms with E-state index in [-0.39, 0.29) is 11.5 Å². The van der Waals surface area contributed by atoms with Crippen LogP contribution in [0.3, 0.4) is 0 Å². The summed E-state index contributed by atoms with van der Waals surface area (Å²) >= 11 is 0. The molecule has 0 aromatic carbocycles. The predicted octanol–water partition coefficient (Wildman–Crippen LogP) is 2.24. The maximum Gasteiger partial charge on any atom is 0.114 e. The van der Waals surface area contributed by atoms with Crippen molar-refractivity contribution in [3.63, 3.8) is 0 Å². The highest BCUT2D eigenvalue weighted by atomic mass is 16.5. The summed E-state index contributed by atoms with van der Waals surface area (Å²) in [5.74, 6) is 0. The van der Waals surface area contributed by atoms with Crippen molar-refractivity contribution >= 4 is 0 Å². The van der Waals surface area contributed by atoms with Crippen molar-refractivity contribution < 1.29 is 14.2 Å². The third kappa shape index (κ3) is 1.88. The van der Waals surface area contributed by atoms with Gasteiger partial charge in [-0.2, -0.15) is 0 Å². The zero-order valence-electron chi connectivity index (χ0n) is 8.98. The summed E-state index contributed by atoms with van der Waals surface area (Å²) in [6, 6.07) is 0. The van der Waals surface area contributed by atoms with Crippen LogP contribution < -0.4 is 0 Å². The van der Waals surface area contributed by atoms with Gasteiger partial charge in [0.25, 0.3) is 0 Å². The van der Waals surface area contributed by atoms with Crippen LogP contribution in [0.15, 0.2) is 25.7 Å². The summed E-state index contributed by atoms with van der Waals surface area (Å²) in [5, 5.41) is 0. The highest BCUT2D eigenvalue weighted by Gasteiger charge is 2.54. The third-order valence-electron chi connectivity index (χ3n) is 3.49. The molecule has 3 nitrogen and oxygen atoms in total. The lowest BCUT2D eigenvalue weighted by Crippen LogP contribution is -2.38. The first kappa shape index (κ1) is 10.6. The van der Waals surface area contributed by atoms with Crippen LogP contribution in [0.25, 0.3) is 0 Å². The molecule has 0 aromatic heterocycles. The number of ether oxygens (including phenoxy) is 3. The van der Waals surface area contributed by atoms with E-state index in [1.54, 1.807) is 0 Å². The molecule has 0 spiro atoms. The van der Waals surface area contributed by atoms with Gasteiger partial charge in [0.2, 0.25) is 0 Å². The van der Waals surface area contributed by atoms with Crippen LogP contribution in [0, 0.1) is 5.41 Å². The van der Waals surface area contributed by atoms with E-state index in [1.165, 1.54) is 12.5 Å². The molecule has 3 unspecified atom stereocenters. The summed E-state index contributed by atoms with van der Waals surface area (Å²) in [4.78, 5) is 0. The zero-order valence-corrected chi connectivity index (χ0v) is 8.98. The normalized spacial score (nSPS) is 37.6. The molecule has 15 heavy (non-hydrogen) atoms. The molecule has 84 valence electrons. The van der Waals surface area contributed by atoms with Gasteiger partial charge in [-0.25, -0.2) is 0 Å². The molecule has 1 saturated carbocycles. The maximum atomic E-state index is 5.88. The van der Waals surface area contributed by atoms with Crippen LogP contribution in [0.5, 0.6) is 0 Å². The number of fused-ring (bicyclic) bond motifs is 2. The Labute approximate surface area is 90.7 Å². The molecule has 1 aliphatic heterocycles. The molecular weight excluding hydrogens is 192 g/mol. The van der Waals surface area contributed by atoms with Crippen LogP contribution in [0.1, 0.15) is 19.3 Å². The summed E-state index contributed by atoms with van der Waals surface area (Å²) in [6.07, 6.45) is 6.92. The molecule has 3 heteroatoms. The lowest BCUT2D eigenvalue weighted by atomic mass is 9.82. The van der Waals surface area contributed by atoms with E-state index in [9.17, 15) is 0 Å². The highest BCUT2D eigenvalue weighted by Crippen LogP contribution is 2.50. The Balaban J connectivity index is 1.98. The fourth-order valence-corrected chi connectivity index (χ4v) is 2.71. The van der Waals surface area contributed by atoms with Crippen molar-refractivity contribution in [3.8, 4) is 0 Å². The first-order valence-corrected chi connectivity index (χ1v) is 5.41. The first-order valence-electron chi connectivity index (χ1n) is 5.41. The fourth-order valence-electron chi connectivity index (χ4n) is 2.71. The Morgan fingerprint density at radius 3 is 2.80 bits per heavy atom. The number of hydrogen-bond donors (Lipinski definition) is 0. The largest absolute Gasteiger partial charge is 0.501 e. The van der Waals surface area contributed by atoms with Gasteiger partial charge in [-0.3, -0.25) is 0 Å². The smallest absolute Gasteiger partial charge is 0.114 e. The Morgan fingerprint density at radius 2 is 2.13 bits per heavy atom. The van der Waals surface area contributed by atoms with Gasteiger partial charge < -0.3 is 14.2 Å². The molecule has 3 atom stereocenters. The molecule has 1 aliphatic carbocycles. The molecule has 0 amide bonds. The van der Waals surface area contributed by atoms with Gasteiger partial charge in [0, 0.05) is 5.41 Å². The second-order valence-electron chi connectivity index (χ2n) is 4.33. The minimum absolute atomic E-state index is 0.141. The molecule has 2 bridgehead atoms. The monoisotopic (exact) mass is 210 g/mol. The van der Waals surface area contributed by atoms with Crippen molar-refractivity contribution in [2.75, 3.05) is 13.2 Å². The average Bonchev–Trinajstić information content (AvgIpc) is 2.81. The fraction of sp³-hybridized carbons (Fsp3) is 0.667.